The molecule has 2 heterocycles. The monoisotopic (exact) mass is 372 g/mol. The minimum Gasteiger partial charge on any atom is -0.504 e. The van der Waals surface area contributed by atoms with Gasteiger partial charge in [0.15, 0.2) is 16.6 Å². The van der Waals surface area contributed by atoms with Crippen molar-refractivity contribution >= 4 is 40.7 Å². The number of rotatable bonds is 3. The summed E-state index contributed by atoms with van der Waals surface area (Å²) < 4.78 is 5.10. The van der Waals surface area contributed by atoms with Crippen LogP contribution < -0.4 is 9.64 Å². The Morgan fingerprint density at radius 3 is 2.68 bits per heavy atom. The highest BCUT2D eigenvalue weighted by Gasteiger charge is 2.50. The second-order valence-corrected chi connectivity index (χ2v) is 7.31. The Morgan fingerprint density at radius 1 is 1.24 bits per heavy atom. The van der Waals surface area contributed by atoms with Gasteiger partial charge < -0.3 is 14.7 Å². The van der Waals surface area contributed by atoms with Crippen molar-refractivity contribution in [3.63, 3.8) is 0 Å². The quantitative estimate of drug-likeness (QED) is 0.836. The maximum atomic E-state index is 12.9. The van der Waals surface area contributed by atoms with Gasteiger partial charge in [-0.05, 0) is 42.0 Å². The third-order valence-electron chi connectivity index (χ3n) is 4.42. The number of aromatic hydroxyl groups is 1. The molecule has 0 aliphatic carbocycles. The van der Waals surface area contributed by atoms with E-state index in [2.05, 4.69) is 0 Å². The average molecular weight is 372 g/mol. The molecular formula is C18H16N2O3S2. The molecule has 1 amide bonds. The number of thioether (sulfide) groups is 1. The number of hydrogen-bond donors (Lipinski definition) is 1. The van der Waals surface area contributed by atoms with Gasteiger partial charge >= 0.3 is 0 Å². The molecule has 1 N–H and O–H groups in total. The van der Waals surface area contributed by atoms with E-state index in [1.54, 1.807) is 28.8 Å². The van der Waals surface area contributed by atoms with Gasteiger partial charge in [0, 0.05) is 5.75 Å². The molecule has 2 aliphatic rings. The first-order valence-corrected chi connectivity index (χ1v) is 9.27. The molecule has 2 saturated heterocycles. The molecule has 2 aromatic rings. The zero-order chi connectivity index (χ0) is 17.6. The highest BCUT2D eigenvalue weighted by Crippen LogP contribution is 2.47. The SMILES string of the molecule is COc1ccc([C@H]2SC[C@H]3C(=O)N(c4ccccc4)C(=S)N23)cc1O. The molecule has 128 valence electrons. The topological polar surface area (TPSA) is 53.0 Å². The van der Waals surface area contributed by atoms with Crippen LogP contribution in [0.2, 0.25) is 0 Å². The normalized spacial score (nSPS) is 22.4. The van der Waals surface area contributed by atoms with Crippen LogP contribution in [0.4, 0.5) is 5.69 Å². The fourth-order valence-corrected chi connectivity index (χ4v) is 5.13. The minimum absolute atomic E-state index is 0.00364. The second kappa shape index (κ2) is 6.24. The van der Waals surface area contributed by atoms with Crippen LogP contribution in [0.1, 0.15) is 10.9 Å². The van der Waals surface area contributed by atoms with E-state index in [4.69, 9.17) is 17.0 Å². The van der Waals surface area contributed by atoms with E-state index in [1.807, 2.05) is 41.3 Å². The number of para-hydroxylation sites is 1. The lowest BCUT2D eigenvalue weighted by molar-refractivity contribution is -0.119. The molecule has 0 bridgehead atoms. The Hall–Kier alpha value is -2.25. The van der Waals surface area contributed by atoms with Gasteiger partial charge in [-0.25, -0.2) is 0 Å². The molecule has 2 aromatic carbocycles. The van der Waals surface area contributed by atoms with Crippen molar-refractivity contribution in [3.05, 3.63) is 54.1 Å². The number of amides is 1. The third kappa shape index (κ3) is 2.54. The zero-order valence-electron chi connectivity index (χ0n) is 13.5. The van der Waals surface area contributed by atoms with Gasteiger partial charge in [0.2, 0.25) is 0 Å². The maximum Gasteiger partial charge on any atom is 0.257 e. The van der Waals surface area contributed by atoms with Crippen LogP contribution in [0.25, 0.3) is 0 Å². The molecule has 2 aliphatic heterocycles. The minimum atomic E-state index is -0.271. The lowest BCUT2D eigenvalue weighted by Crippen LogP contribution is -2.33. The fourth-order valence-electron chi connectivity index (χ4n) is 3.22. The maximum absolute atomic E-state index is 12.9. The number of methoxy groups -OCH3 is 1. The van der Waals surface area contributed by atoms with Crippen LogP contribution >= 0.6 is 24.0 Å². The van der Waals surface area contributed by atoms with Gasteiger partial charge in [-0.3, -0.25) is 9.69 Å². The van der Waals surface area contributed by atoms with Crippen molar-refractivity contribution in [2.24, 2.45) is 0 Å². The smallest absolute Gasteiger partial charge is 0.257 e. The number of anilines is 1. The van der Waals surface area contributed by atoms with Gasteiger partial charge in [-0.1, -0.05) is 24.3 Å². The van der Waals surface area contributed by atoms with Gasteiger partial charge in [0.25, 0.3) is 5.91 Å². The number of carbonyl (C=O) groups is 1. The van der Waals surface area contributed by atoms with Gasteiger partial charge in [-0.2, -0.15) is 0 Å². The molecule has 5 nitrogen and oxygen atoms in total. The molecule has 25 heavy (non-hydrogen) atoms. The van der Waals surface area contributed by atoms with Crippen molar-refractivity contribution in [1.29, 1.82) is 0 Å². The first-order valence-electron chi connectivity index (χ1n) is 7.81. The zero-order valence-corrected chi connectivity index (χ0v) is 15.1. The number of ether oxygens (including phenoxy) is 1. The summed E-state index contributed by atoms with van der Waals surface area (Å²) in [7, 11) is 1.51. The molecule has 0 saturated carbocycles. The molecule has 2 fully saturated rings. The second-order valence-electron chi connectivity index (χ2n) is 5.83. The van der Waals surface area contributed by atoms with Crippen LogP contribution in [0, 0.1) is 0 Å². The van der Waals surface area contributed by atoms with Crippen molar-refractivity contribution < 1.29 is 14.6 Å². The van der Waals surface area contributed by atoms with E-state index in [9.17, 15) is 9.90 Å². The molecule has 7 heteroatoms. The van der Waals surface area contributed by atoms with Crippen LogP contribution in [0.15, 0.2) is 48.5 Å². The van der Waals surface area contributed by atoms with Crippen LogP contribution in [-0.4, -0.2) is 39.9 Å². The van der Waals surface area contributed by atoms with Crippen molar-refractivity contribution in [3.8, 4) is 11.5 Å². The molecule has 0 radical (unpaired) electrons. The Kier molecular flexibility index (Phi) is 4.05. The van der Waals surface area contributed by atoms with Gasteiger partial charge in [0.05, 0.1) is 12.8 Å². The van der Waals surface area contributed by atoms with Gasteiger partial charge in [0.1, 0.15) is 11.4 Å². The first-order chi connectivity index (χ1) is 12.1. The van der Waals surface area contributed by atoms with Gasteiger partial charge in [-0.15, -0.1) is 11.8 Å². The van der Waals surface area contributed by atoms with E-state index < -0.39 is 0 Å². The summed E-state index contributed by atoms with van der Waals surface area (Å²) in [5, 5.41) is 10.5. The van der Waals surface area contributed by atoms with Crippen molar-refractivity contribution in [1.82, 2.24) is 4.90 Å². The number of hydrogen-bond acceptors (Lipinski definition) is 5. The Labute approximate surface area is 155 Å². The number of phenols is 1. The lowest BCUT2D eigenvalue weighted by Gasteiger charge is -2.25. The lowest BCUT2D eigenvalue weighted by atomic mass is 10.1. The number of phenolic OH excluding ortho intramolecular Hbond substituents is 1. The summed E-state index contributed by atoms with van der Waals surface area (Å²) in [6.07, 6.45) is 0. The van der Waals surface area contributed by atoms with E-state index in [-0.39, 0.29) is 23.1 Å². The molecule has 4 rings (SSSR count). The number of fused-ring (bicyclic) bond motifs is 1. The predicted octanol–water partition coefficient (Wildman–Crippen LogP) is 3.15. The highest BCUT2D eigenvalue weighted by atomic mass is 32.2. The molecular weight excluding hydrogens is 356 g/mol. The Morgan fingerprint density at radius 2 is 2.00 bits per heavy atom. The molecule has 0 spiro atoms. The summed E-state index contributed by atoms with van der Waals surface area (Å²) in [4.78, 5) is 16.4. The fraction of sp³-hybridized carbons (Fsp3) is 0.222. The standard InChI is InChI=1S/C18H16N2O3S2/c1-23-15-8-7-11(9-14(15)21)17-20-13(10-25-17)16(22)19(18(20)24)12-5-3-2-4-6-12/h2-9,13,17,21H,10H2,1H3/t13-,17+/m0/s1. The van der Waals surface area contributed by atoms with Crippen molar-refractivity contribution in [2.75, 3.05) is 17.8 Å². The summed E-state index contributed by atoms with van der Waals surface area (Å²) in [5.41, 5.74) is 1.68. The third-order valence-corrected chi connectivity index (χ3v) is 6.14. The highest BCUT2D eigenvalue weighted by molar-refractivity contribution is 7.99. The molecule has 0 unspecified atom stereocenters. The van der Waals surface area contributed by atoms with E-state index >= 15 is 0 Å². The van der Waals surface area contributed by atoms with Crippen LogP contribution in [0.5, 0.6) is 11.5 Å². The van der Waals surface area contributed by atoms with Crippen LogP contribution in [0.3, 0.4) is 0 Å². The number of carbonyl (C=O) groups excluding carboxylic acids is 1. The number of nitrogens with zero attached hydrogens (tertiary/aromatic N) is 2. The first kappa shape index (κ1) is 16.2. The van der Waals surface area contributed by atoms with E-state index in [0.29, 0.717) is 16.6 Å². The van der Waals surface area contributed by atoms with E-state index in [0.717, 1.165) is 11.3 Å². The Balaban J connectivity index is 1.68. The summed E-state index contributed by atoms with van der Waals surface area (Å²) in [6.45, 7) is 0. The van der Waals surface area contributed by atoms with Crippen molar-refractivity contribution in [2.45, 2.75) is 11.4 Å². The molecule has 2 atom stereocenters. The number of thiocarbonyl (C=S) groups is 1. The summed E-state index contributed by atoms with van der Waals surface area (Å²) in [6, 6.07) is 14.5. The summed E-state index contributed by atoms with van der Waals surface area (Å²) in [5.74, 6) is 1.18. The van der Waals surface area contributed by atoms with E-state index in [1.165, 1.54) is 7.11 Å². The average Bonchev–Trinajstić information content (AvgIpc) is 3.16. The molecule has 0 aromatic heterocycles. The predicted molar refractivity (Wildman–Crippen MR) is 102 cm³/mol. The largest absolute Gasteiger partial charge is 0.504 e. The Bertz CT molecular complexity index is 843. The van der Waals surface area contributed by atoms with Crippen LogP contribution in [-0.2, 0) is 4.79 Å². The number of benzene rings is 2. The summed E-state index contributed by atoms with van der Waals surface area (Å²) >= 11 is 7.28.